The van der Waals surface area contributed by atoms with E-state index in [1.54, 1.807) is 6.07 Å². The lowest BCUT2D eigenvalue weighted by molar-refractivity contribution is -0.145. The van der Waals surface area contributed by atoms with Gasteiger partial charge in [0.2, 0.25) is 15.9 Å². The summed E-state index contributed by atoms with van der Waals surface area (Å²) >= 11 is 0. The van der Waals surface area contributed by atoms with Gasteiger partial charge < -0.3 is 20.3 Å². The fourth-order valence-electron chi connectivity index (χ4n) is 5.05. The fourth-order valence-corrected chi connectivity index (χ4v) is 6.32. The van der Waals surface area contributed by atoms with E-state index in [0.29, 0.717) is 56.9 Å². The number of hydrogen-bond acceptors (Lipinski definition) is 7. The lowest BCUT2D eigenvalue weighted by atomic mass is 9.85. The summed E-state index contributed by atoms with van der Waals surface area (Å²) < 4.78 is 34.4. The molecule has 2 aliphatic heterocycles. The van der Waals surface area contributed by atoms with Gasteiger partial charge in [-0.3, -0.25) is 4.79 Å². The molecule has 1 saturated carbocycles. The number of pyridine rings is 1. The molecule has 5 rings (SSSR count). The molecular formula is C24H31N5O4S. The van der Waals surface area contributed by atoms with Gasteiger partial charge in [-0.05, 0) is 37.3 Å². The summed E-state index contributed by atoms with van der Waals surface area (Å²) in [6, 6.07) is 11.4. The third kappa shape index (κ3) is 4.89. The smallest absolute Gasteiger partial charge is 0.242 e. The first-order valence-corrected chi connectivity index (χ1v) is 13.4. The number of ether oxygens (including phenoxy) is 1. The third-order valence-corrected chi connectivity index (χ3v) is 8.39. The Morgan fingerprint density at radius 1 is 1.09 bits per heavy atom. The Labute approximate surface area is 200 Å². The number of sulfonamides is 1. The van der Waals surface area contributed by atoms with E-state index in [2.05, 4.69) is 20.3 Å². The number of carbonyl (C=O) groups excluding carboxylic acids is 1. The molecule has 0 radical (unpaired) electrons. The maximum atomic E-state index is 13.4. The number of amides is 1. The highest BCUT2D eigenvalue weighted by Crippen LogP contribution is 2.32. The Morgan fingerprint density at radius 2 is 1.85 bits per heavy atom. The molecule has 3 N–H and O–H groups in total. The van der Waals surface area contributed by atoms with Gasteiger partial charge in [0, 0.05) is 37.8 Å². The number of nitrogens with one attached hydrogen (secondary N) is 3. The Bertz CT molecular complexity index is 1120. The van der Waals surface area contributed by atoms with Crippen molar-refractivity contribution in [3.63, 3.8) is 0 Å². The van der Waals surface area contributed by atoms with Gasteiger partial charge in [0.15, 0.2) is 0 Å². The zero-order chi connectivity index (χ0) is 23.5. The van der Waals surface area contributed by atoms with Crippen LogP contribution in [0.3, 0.4) is 0 Å². The van der Waals surface area contributed by atoms with E-state index in [1.165, 1.54) is 6.20 Å². The summed E-state index contributed by atoms with van der Waals surface area (Å²) in [6.45, 7) is 3.10. The number of aromatic nitrogens is 1. The highest BCUT2D eigenvalue weighted by molar-refractivity contribution is 7.89. The molecule has 3 heterocycles. The SMILES string of the molecule is O=C([C@H]1CC[C@H](NS(=O)(=O)c2cnc3c(c2)NCCN3)CC1)N1CCOCC1c1ccccc1. The summed E-state index contributed by atoms with van der Waals surface area (Å²) in [5.74, 6) is 0.725. The van der Waals surface area contributed by atoms with Gasteiger partial charge in [-0.15, -0.1) is 0 Å². The van der Waals surface area contributed by atoms with Crippen molar-refractivity contribution in [1.82, 2.24) is 14.6 Å². The molecule has 0 spiro atoms. The maximum absolute atomic E-state index is 13.4. The van der Waals surface area contributed by atoms with Gasteiger partial charge in [-0.25, -0.2) is 18.1 Å². The van der Waals surface area contributed by atoms with Crippen molar-refractivity contribution in [3.05, 3.63) is 48.2 Å². The zero-order valence-electron chi connectivity index (χ0n) is 19.1. The van der Waals surface area contributed by atoms with Crippen LogP contribution in [0.1, 0.15) is 37.3 Å². The van der Waals surface area contributed by atoms with E-state index in [0.717, 1.165) is 18.7 Å². The molecule has 182 valence electrons. The number of fused-ring (bicyclic) bond motifs is 1. The number of hydrogen-bond donors (Lipinski definition) is 3. The highest BCUT2D eigenvalue weighted by Gasteiger charge is 2.36. The topological polar surface area (TPSA) is 113 Å². The van der Waals surface area contributed by atoms with Crippen molar-refractivity contribution in [3.8, 4) is 0 Å². The molecule has 1 aromatic carbocycles. The predicted octanol–water partition coefficient (Wildman–Crippen LogP) is 2.36. The molecule has 1 amide bonds. The minimum Gasteiger partial charge on any atom is -0.380 e. The molecule has 1 atom stereocenters. The number of benzene rings is 1. The Balaban J connectivity index is 1.20. The second-order valence-corrected chi connectivity index (χ2v) is 10.8. The van der Waals surface area contributed by atoms with Crippen LogP contribution in [-0.4, -0.2) is 63.1 Å². The zero-order valence-corrected chi connectivity index (χ0v) is 19.9. The minimum absolute atomic E-state index is 0.0710. The third-order valence-electron chi connectivity index (χ3n) is 6.90. The van der Waals surface area contributed by atoms with Crippen molar-refractivity contribution in [1.29, 1.82) is 0 Å². The molecule has 1 unspecified atom stereocenters. The van der Waals surface area contributed by atoms with Crippen LogP contribution >= 0.6 is 0 Å². The van der Waals surface area contributed by atoms with Gasteiger partial charge in [0.1, 0.15) is 10.7 Å². The second-order valence-electron chi connectivity index (χ2n) is 9.12. The summed E-state index contributed by atoms with van der Waals surface area (Å²) in [6.07, 6.45) is 3.98. The minimum atomic E-state index is -3.69. The lowest BCUT2D eigenvalue weighted by Gasteiger charge is -2.39. The molecule has 2 fully saturated rings. The molecule has 10 heteroatoms. The van der Waals surface area contributed by atoms with E-state index in [4.69, 9.17) is 4.74 Å². The monoisotopic (exact) mass is 485 g/mol. The molecular weight excluding hydrogens is 454 g/mol. The van der Waals surface area contributed by atoms with Crippen LogP contribution in [0, 0.1) is 5.92 Å². The van der Waals surface area contributed by atoms with Crippen LogP contribution in [0.25, 0.3) is 0 Å². The van der Waals surface area contributed by atoms with Gasteiger partial charge >= 0.3 is 0 Å². The Hall–Kier alpha value is -2.69. The number of carbonyl (C=O) groups is 1. The first-order chi connectivity index (χ1) is 16.5. The molecule has 1 aliphatic carbocycles. The summed E-state index contributed by atoms with van der Waals surface area (Å²) in [5, 5.41) is 6.32. The van der Waals surface area contributed by atoms with Crippen molar-refractivity contribution in [2.45, 2.75) is 42.7 Å². The second kappa shape index (κ2) is 9.89. The van der Waals surface area contributed by atoms with Crippen LogP contribution in [-0.2, 0) is 19.6 Å². The summed E-state index contributed by atoms with van der Waals surface area (Å²) in [7, 11) is -3.69. The highest BCUT2D eigenvalue weighted by atomic mass is 32.2. The van der Waals surface area contributed by atoms with E-state index >= 15 is 0 Å². The molecule has 1 aromatic heterocycles. The van der Waals surface area contributed by atoms with E-state index < -0.39 is 10.0 Å². The molecule has 1 saturated heterocycles. The fraction of sp³-hybridized carbons (Fsp3) is 0.500. The van der Waals surface area contributed by atoms with Crippen LogP contribution in [0.2, 0.25) is 0 Å². The molecule has 2 aromatic rings. The van der Waals surface area contributed by atoms with Crippen LogP contribution < -0.4 is 15.4 Å². The molecule has 34 heavy (non-hydrogen) atoms. The van der Waals surface area contributed by atoms with Crippen LogP contribution in [0.15, 0.2) is 47.5 Å². The van der Waals surface area contributed by atoms with Crippen molar-refractivity contribution < 1.29 is 17.9 Å². The summed E-state index contributed by atoms with van der Waals surface area (Å²) in [4.78, 5) is 19.7. The van der Waals surface area contributed by atoms with Gasteiger partial charge in [-0.1, -0.05) is 30.3 Å². The molecule has 9 nitrogen and oxygen atoms in total. The first-order valence-electron chi connectivity index (χ1n) is 11.9. The van der Waals surface area contributed by atoms with Gasteiger partial charge in [0.25, 0.3) is 0 Å². The number of anilines is 2. The summed E-state index contributed by atoms with van der Waals surface area (Å²) in [5.41, 5.74) is 1.78. The largest absolute Gasteiger partial charge is 0.380 e. The van der Waals surface area contributed by atoms with E-state index in [9.17, 15) is 13.2 Å². The maximum Gasteiger partial charge on any atom is 0.242 e. The van der Waals surface area contributed by atoms with Gasteiger partial charge in [0.05, 0.1) is 24.9 Å². The number of morpholine rings is 1. The average Bonchev–Trinajstić information content (AvgIpc) is 2.89. The van der Waals surface area contributed by atoms with Gasteiger partial charge in [-0.2, -0.15) is 0 Å². The lowest BCUT2D eigenvalue weighted by Crippen LogP contribution is -2.47. The number of rotatable bonds is 5. The van der Waals surface area contributed by atoms with E-state index in [1.807, 2.05) is 35.2 Å². The van der Waals surface area contributed by atoms with Crippen LogP contribution in [0.4, 0.5) is 11.5 Å². The molecule has 0 bridgehead atoms. The van der Waals surface area contributed by atoms with Crippen LogP contribution in [0.5, 0.6) is 0 Å². The normalized spacial score (nSPS) is 25.1. The van der Waals surface area contributed by atoms with Crippen molar-refractivity contribution >= 4 is 27.4 Å². The molecule has 3 aliphatic rings. The Morgan fingerprint density at radius 3 is 2.65 bits per heavy atom. The quantitative estimate of drug-likeness (QED) is 0.596. The van der Waals surface area contributed by atoms with Crippen molar-refractivity contribution in [2.24, 2.45) is 5.92 Å². The standard InChI is InChI=1S/C24H31N5O4S/c30-24(29-12-13-33-16-22(29)17-4-2-1-3-5-17)18-6-8-19(9-7-18)28-34(31,32)20-14-21-23(27-15-20)26-11-10-25-21/h1-5,14-15,18-19,22,25,28H,6-13,16H2,(H,26,27)/t18-,19-,22?. The van der Waals surface area contributed by atoms with E-state index in [-0.39, 0.29) is 28.8 Å². The first kappa shape index (κ1) is 23.1. The van der Waals surface area contributed by atoms with Crippen molar-refractivity contribution in [2.75, 3.05) is 43.5 Å². The predicted molar refractivity (Wildman–Crippen MR) is 129 cm³/mol. The average molecular weight is 486 g/mol. The number of nitrogens with zero attached hydrogens (tertiary/aromatic N) is 2. The Kier molecular flexibility index (Phi) is 6.71.